The first-order chi connectivity index (χ1) is 18.1. The van der Waals surface area contributed by atoms with E-state index in [2.05, 4.69) is 9.98 Å². The van der Waals surface area contributed by atoms with Gasteiger partial charge < -0.3 is 13.9 Å². The van der Waals surface area contributed by atoms with Crippen molar-refractivity contribution in [3.8, 4) is 0 Å². The molecule has 1 aliphatic heterocycles. The lowest BCUT2D eigenvalue weighted by molar-refractivity contribution is -0.263. The molecule has 0 bridgehead atoms. The zero-order valence-corrected chi connectivity index (χ0v) is 22.7. The van der Waals surface area contributed by atoms with Crippen molar-refractivity contribution in [2.75, 3.05) is 13.2 Å². The van der Waals surface area contributed by atoms with Crippen LogP contribution in [0.25, 0.3) is 11.0 Å². The van der Waals surface area contributed by atoms with Crippen molar-refractivity contribution in [2.45, 2.75) is 53.0 Å². The Morgan fingerprint density at radius 3 is 2.47 bits per heavy atom. The zero-order valence-electron chi connectivity index (χ0n) is 21.9. The Kier molecular flexibility index (Phi) is 7.17. The fourth-order valence-electron chi connectivity index (χ4n) is 4.60. The quantitative estimate of drug-likeness (QED) is 0.394. The third kappa shape index (κ3) is 5.41. The summed E-state index contributed by atoms with van der Waals surface area (Å²) in [5, 5.41) is 1.54. The van der Waals surface area contributed by atoms with Gasteiger partial charge in [0.2, 0.25) is 5.62 Å². The van der Waals surface area contributed by atoms with E-state index < -0.39 is 17.2 Å². The standard InChI is InChI=1S/C28H31ClN4O5/c1-5-23-17(2)22-12-21(10-11-24(22)38-23)30-25-31-26(34)33(14-19-15-36-28(3,4)37-16-19)27(35)32(25)13-18-6-8-20(29)9-7-18/h6-12,19H,5,13-16H2,1-4H3,(H,30,31,34). The van der Waals surface area contributed by atoms with Gasteiger partial charge in [-0.2, -0.15) is 0 Å². The normalized spacial score (nSPS) is 16.4. The Balaban J connectivity index is 1.60. The maximum atomic E-state index is 13.7. The first kappa shape index (κ1) is 26.2. The predicted molar refractivity (Wildman–Crippen MR) is 145 cm³/mol. The van der Waals surface area contributed by atoms with Crippen LogP contribution in [0.15, 0.2) is 61.5 Å². The summed E-state index contributed by atoms with van der Waals surface area (Å²) in [6.45, 7) is 8.85. The molecule has 1 N–H and O–H groups in total. The van der Waals surface area contributed by atoms with Gasteiger partial charge >= 0.3 is 11.4 Å². The molecule has 5 rings (SSSR count). The first-order valence-corrected chi connectivity index (χ1v) is 13.0. The fraction of sp³-hybridized carbons (Fsp3) is 0.393. The lowest BCUT2D eigenvalue weighted by Gasteiger charge is -2.34. The highest BCUT2D eigenvalue weighted by molar-refractivity contribution is 6.30. The summed E-state index contributed by atoms with van der Waals surface area (Å²) in [7, 11) is 0. The number of halogens is 1. The number of nitrogens with one attached hydrogen (secondary N) is 1. The number of nitrogens with zero attached hydrogens (tertiary/aromatic N) is 3. The lowest BCUT2D eigenvalue weighted by atomic mass is 10.1. The summed E-state index contributed by atoms with van der Waals surface area (Å²) in [5.41, 5.74) is 2.40. The molecule has 10 heteroatoms. The fourth-order valence-corrected chi connectivity index (χ4v) is 4.72. The van der Waals surface area contributed by atoms with Crippen molar-refractivity contribution in [3.63, 3.8) is 0 Å². The number of aromatic amines is 1. The van der Waals surface area contributed by atoms with E-state index in [9.17, 15) is 9.59 Å². The summed E-state index contributed by atoms with van der Waals surface area (Å²) >= 11 is 6.06. The second-order valence-corrected chi connectivity index (χ2v) is 10.5. The van der Waals surface area contributed by atoms with Crippen LogP contribution in [0.1, 0.15) is 37.7 Å². The molecule has 0 unspecified atom stereocenters. The van der Waals surface area contributed by atoms with Crippen molar-refractivity contribution in [2.24, 2.45) is 10.9 Å². The number of fused-ring (bicyclic) bond motifs is 1. The Hall–Kier alpha value is -3.40. The number of ether oxygens (including phenoxy) is 2. The van der Waals surface area contributed by atoms with Gasteiger partial charge in [-0.1, -0.05) is 30.7 Å². The minimum absolute atomic E-state index is 0.146. The molecule has 2 aromatic carbocycles. The van der Waals surface area contributed by atoms with Gasteiger partial charge in [-0.15, -0.1) is 0 Å². The van der Waals surface area contributed by atoms with Crippen LogP contribution in [0.2, 0.25) is 5.02 Å². The highest BCUT2D eigenvalue weighted by Gasteiger charge is 2.29. The molecule has 9 nitrogen and oxygen atoms in total. The zero-order chi connectivity index (χ0) is 27.0. The topological polar surface area (TPSA) is 104 Å². The van der Waals surface area contributed by atoms with Crippen LogP contribution < -0.4 is 17.0 Å². The van der Waals surface area contributed by atoms with E-state index in [0.717, 1.165) is 34.3 Å². The van der Waals surface area contributed by atoms with Crippen molar-refractivity contribution < 1.29 is 13.9 Å². The maximum Gasteiger partial charge on any atom is 0.335 e. The molecule has 38 heavy (non-hydrogen) atoms. The molecule has 0 atom stereocenters. The SMILES string of the molecule is CCc1oc2ccc(/N=c3\[nH]c(=O)n(CC4COC(C)(C)OC4)c(=O)n3Cc3ccc(Cl)cc3)cc2c1C. The molecule has 0 radical (unpaired) electrons. The minimum atomic E-state index is -0.683. The highest BCUT2D eigenvalue weighted by atomic mass is 35.5. The van der Waals surface area contributed by atoms with Gasteiger partial charge in [0, 0.05) is 29.3 Å². The summed E-state index contributed by atoms with van der Waals surface area (Å²) in [6, 6.07) is 12.8. The molecule has 1 saturated heterocycles. The number of rotatable bonds is 6. The number of hydrogen-bond donors (Lipinski definition) is 1. The van der Waals surface area contributed by atoms with E-state index in [-0.39, 0.29) is 24.6 Å². The monoisotopic (exact) mass is 538 g/mol. The van der Waals surface area contributed by atoms with Crippen LogP contribution in [0.3, 0.4) is 0 Å². The maximum absolute atomic E-state index is 13.7. The molecule has 0 amide bonds. The summed E-state index contributed by atoms with van der Waals surface area (Å²) in [6.07, 6.45) is 0.786. The smallest absolute Gasteiger partial charge is 0.335 e. The van der Waals surface area contributed by atoms with Crippen molar-refractivity contribution >= 4 is 28.3 Å². The van der Waals surface area contributed by atoms with Gasteiger partial charge in [0.1, 0.15) is 11.3 Å². The molecule has 1 aliphatic rings. The molecule has 200 valence electrons. The van der Waals surface area contributed by atoms with Crippen LogP contribution >= 0.6 is 11.6 Å². The van der Waals surface area contributed by atoms with Gasteiger partial charge in [-0.25, -0.2) is 19.1 Å². The number of aromatic nitrogens is 3. The number of benzene rings is 2. The van der Waals surface area contributed by atoms with E-state index in [1.807, 2.05) is 52.0 Å². The average molecular weight is 539 g/mol. The van der Waals surface area contributed by atoms with Crippen molar-refractivity contribution in [3.05, 3.63) is 91.0 Å². The molecule has 0 aliphatic carbocycles. The summed E-state index contributed by atoms with van der Waals surface area (Å²) in [4.78, 5) is 34.3. The van der Waals surface area contributed by atoms with Crippen molar-refractivity contribution in [1.82, 2.24) is 14.1 Å². The minimum Gasteiger partial charge on any atom is -0.461 e. The largest absolute Gasteiger partial charge is 0.461 e. The second-order valence-electron chi connectivity index (χ2n) is 10.0. The second kappa shape index (κ2) is 10.4. The molecule has 0 spiro atoms. The molecule has 2 aromatic heterocycles. The summed E-state index contributed by atoms with van der Waals surface area (Å²) < 4.78 is 20.0. The van der Waals surface area contributed by atoms with Crippen LogP contribution in [0.5, 0.6) is 0 Å². The first-order valence-electron chi connectivity index (χ1n) is 12.7. The Morgan fingerprint density at radius 2 is 1.79 bits per heavy atom. The van der Waals surface area contributed by atoms with E-state index in [1.54, 1.807) is 18.2 Å². The molecule has 4 aromatic rings. The van der Waals surface area contributed by atoms with Gasteiger partial charge in [0.25, 0.3) is 0 Å². The highest BCUT2D eigenvalue weighted by Crippen LogP contribution is 2.29. The predicted octanol–water partition coefficient (Wildman–Crippen LogP) is 4.29. The number of H-pyrrole nitrogens is 1. The van der Waals surface area contributed by atoms with Crippen LogP contribution in [0.4, 0.5) is 5.69 Å². The van der Waals surface area contributed by atoms with Gasteiger partial charge in [-0.05, 0) is 62.2 Å². The number of furan rings is 1. The number of hydrogen-bond acceptors (Lipinski definition) is 6. The van der Waals surface area contributed by atoms with Gasteiger partial charge in [0.05, 0.1) is 25.4 Å². The van der Waals surface area contributed by atoms with E-state index in [4.69, 9.17) is 25.5 Å². The Bertz CT molecular complexity index is 1650. The van der Waals surface area contributed by atoms with Gasteiger partial charge in [-0.3, -0.25) is 9.55 Å². The van der Waals surface area contributed by atoms with Crippen LogP contribution in [0, 0.1) is 12.8 Å². The molecule has 1 fully saturated rings. The third-order valence-corrected chi connectivity index (χ3v) is 7.04. The summed E-state index contributed by atoms with van der Waals surface area (Å²) in [5.74, 6) is 0.0927. The van der Waals surface area contributed by atoms with E-state index in [1.165, 1.54) is 9.13 Å². The van der Waals surface area contributed by atoms with E-state index in [0.29, 0.717) is 23.9 Å². The van der Waals surface area contributed by atoms with Crippen LogP contribution in [-0.4, -0.2) is 33.1 Å². The lowest BCUT2D eigenvalue weighted by Crippen LogP contribution is -2.52. The Morgan fingerprint density at radius 1 is 1.08 bits per heavy atom. The van der Waals surface area contributed by atoms with Gasteiger partial charge in [0.15, 0.2) is 5.79 Å². The van der Waals surface area contributed by atoms with Crippen LogP contribution in [-0.2, 0) is 29.0 Å². The molecular formula is C28H31ClN4O5. The molecular weight excluding hydrogens is 508 g/mol. The van der Waals surface area contributed by atoms with Crippen molar-refractivity contribution in [1.29, 1.82) is 0 Å². The Labute approximate surface area is 224 Å². The number of aryl methyl sites for hydroxylation is 2. The molecule has 0 saturated carbocycles. The average Bonchev–Trinajstić information content (AvgIpc) is 3.21. The molecule has 3 heterocycles. The van der Waals surface area contributed by atoms with E-state index >= 15 is 0 Å². The third-order valence-electron chi connectivity index (χ3n) is 6.78.